The molecular weight excluding hydrogens is 490 g/mol. The zero-order chi connectivity index (χ0) is 18.3. The first-order valence-corrected chi connectivity index (χ1v) is 11.3. The molecule has 0 radical (unpaired) electrons. The molecule has 0 amide bonds. The Balaban J connectivity index is 1.61. The zero-order valence-electron chi connectivity index (χ0n) is 14.1. The summed E-state index contributed by atoms with van der Waals surface area (Å²) in [6, 6.07) is 11.7. The van der Waals surface area contributed by atoms with Gasteiger partial charge in [-0.05, 0) is 0 Å². The predicted octanol–water partition coefficient (Wildman–Crippen LogP) is 5.16. The summed E-state index contributed by atoms with van der Waals surface area (Å²) in [6.07, 6.45) is -0.250. The van der Waals surface area contributed by atoms with Gasteiger partial charge in [0, 0.05) is 0 Å². The first-order chi connectivity index (χ1) is 12.5. The van der Waals surface area contributed by atoms with Crippen molar-refractivity contribution in [2.24, 2.45) is 0 Å². The molecule has 0 spiro atoms. The molecule has 0 bridgehead atoms. The normalized spacial score (nSPS) is 19.9. The summed E-state index contributed by atoms with van der Waals surface area (Å²) in [4.78, 5) is 7.59. The molecule has 0 aliphatic carbocycles. The minimum absolute atomic E-state index is 0.250. The summed E-state index contributed by atoms with van der Waals surface area (Å²) in [7, 11) is -2.81. The molecular formula is C17H17ClIN2O4P. The van der Waals surface area contributed by atoms with Crippen molar-refractivity contribution in [3.8, 4) is 11.8 Å². The molecule has 138 valence electrons. The number of hydrogen-bond donors (Lipinski definition) is 1. The van der Waals surface area contributed by atoms with E-state index >= 15 is 0 Å². The molecule has 1 aromatic heterocycles. The molecule has 0 atom stereocenters. The van der Waals surface area contributed by atoms with Crippen LogP contribution >= 0.6 is 42.1 Å². The van der Waals surface area contributed by atoms with Crippen LogP contribution in [-0.2, 0) is 13.6 Å². The van der Waals surface area contributed by atoms with Crippen LogP contribution in [0.4, 0.5) is 0 Å². The number of ether oxygens (including phenoxy) is 1. The Morgan fingerprint density at radius 3 is 2.85 bits per heavy atom. The van der Waals surface area contributed by atoms with Crippen molar-refractivity contribution in [1.29, 1.82) is 0 Å². The molecule has 6 nitrogen and oxygen atoms in total. The molecule has 26 heavy (non-hydrogen) atoms. The number of rotatable bonds is 5. The summed E-state index contributed by atoms with van der Waals surface area (Å²) in [5, 5.41) is 1.54. The second-order valence-corrected chi connectivity index (χ2v) is 9.77. The average Bonchev–Trinajstić information content (AvgIpc) is 2.95. The van der Waals surface area contributed by atoms with Gasteiger partial charge in [-0.3, -0.25) is 0 Å². The van der Waals surface area contributed by atoms with E-state index in [2.05, 4.69) is 32.6 Å². The van der Waals surface area contributed by atoms with E-state index < -0.39 is 7.94 Å². The number of fused-ring (bicyclic) bond motifs is 1. The molecule has 2 heterocycles. The Bertz CT molecular complexity index is 917. The SMILES string of the molecule is CCO[PH]1(c2cccc(Oc3nc4cc(I)c(Cl)cc4[nH]3)c2)OC(C)O1. The van der Waals surface area contributed by atoms with Gasteiger partial charge in [0.15, 0.2) is 0 Å². The predicted molar refractivity (Wildman–Crippen MR) is 112 cm³/mol. The van der Waals surface area contributed by atoms with Crippen LogP contribution in [0.15, 0.2) is 36.4 Å². The summed E-state index contributed by atoms with van der Waals surface area (Å²) in [6.45, 7) is 4.30. The number of nitrogens with one attached hydrogen (secondary N) is 1. The number of benzene rings is 2. The third kappa shape index (κ3) is 3.44. The van der Waals surface area contributed by atoms with Crippen molar-refractivity contribution < 1.29 is 18.3 Å². The summed E-state index contributed by atoms with van der Waals surface area (Å²) in [5.41, 5.74) is 1.62. The zero-order valence-corrected chi connectivity index (χ0v) is 18.0. The van der Waals surface area contributed by atoms with E-state index in [-0.39, 0.29) is 6.29 Å². The second kappa shape index (κ2) is 7.22. The van der Waals surface area contributed by atoms with E-state index in [9.17, 15) is 0 Å². The van der Waals surface area contributed by atoms with Crippen molar-refractivity contribution in [3.05, 3.63) is 45.0 Å². The molecule has 4 rings (SSSR count). The van der Waals surface area contributed by atoms with Gasteiger partial charge in [0.25, 0.3) is 0 Å². The first kappa shape index (κ1) is 18.4. The number of hydrogen-bond acceptors (Lipinski definition) is 5. The Labute approximate surface area is 169 Å². The Morgan fingerprint density at radius 1 is 1.31 bits per heavy atom. The van der Waals surface area contributed by atoms with Gasteiger partial charge >= 0.3 is 170 Å². The molecule has 0 unspecified atom stereocenters. The molecule has 1 saturated heterocycles. The average molecular weight is 507 g/mol. The van der Waals surface area contributed by atoms with Crippen LogP contribution in [0.3, 0.4) is 0 Å². The number of H-pyrrole nitrogens is 1. The summed E-state index contributed by atoms with van der Waals surface area (Å²) in [5.74, 6) is 0.626. The third-order valence-electron chi connectivity index (χ3n) is 3.88. The van der Waals surface area contributed by atoms with Gasteiger partial charge in [0.05, 0.1) is 0 Å². The van der Waals surface area contributed by atoms with Crippen molar-refractivity contribution in [3.63, 3.8) is 0 Å². The summed E-state index contributed by atoms with van der Waals surface area (Å²) >= 11 is 8.33. The van der Waals surface area contributed by atoms with E-state index in [1.54, 1.807) is 0 Å². The maximum atomic E-state index is 6.16. The Morgan fingerprint density at radius 2 is 2.12 bits per heavy atom. The maximum absolute atomic E-state index is 6.16. The quantitative estimate of drug-likeness (QED) is 0.382. The summed E-state index contributed by atoms with van der Waals surface area (Å²) < 4.78 is 24.3. The van der Waals surface area contributed by atoms with Crippen LogP contribution in [0.2, 0.25) is 5.02 Å². The van der Waals surface area contributed by atoms with Gasteiger partial charge in [0.2, 0.25) is 0 Å². The minimum atomic E-state index is -2.81. The molecule has 1 aliphatic rings. The fraction of sp³-hybridized carbons (Fsp3) is 0.235. The van der Waals surface area contributed by atoms with Crippen LogP contribution in [0, 0.1) is 3.57 Å². The van der Waals surface area contributed by atoms with Gasteiger partial charge in [-0.15, -0.1) is 0 Å². The topological polar surface area (TPSA) is 65.6 Å². The van der Waals surface area contributed by atoms with Gasteiger partial charge in [-0.2, -0.15) is 0 Å². The van der Waals surface area contributed by atoms with Gasteiger partial charge in [-0.25, -0.2) is 0 Å². The van der Waals surface area contributed by atoms with Crippen molar-refractivity contribution in [2.45, 2.75) is 20.1 Å². The second-order valence-electron chi connectivity index (χ2n) is 5.75. The molecule has 3 aromatic rings. The van der Waals surface area contributed by atoms with E-state index in [0.29, 0.717) is 23.4 Å². The van der Waals surface area contributed by atoms with Crippen LogP contribution < -0.4 is 10.0 Å². The third-order valence-corrected chi connectivity index (χ3v) is 8.38. The Kier molecular flexibility index (Phi) is 5.11. The standard InChI is InChI=1S/C17H17ClIN2O4P/c1-3-22-26(24-10(2)25-26)12-6-4-5-11(7-12)23-17-20-15-8-13(18)14(19)9-16(15)21-17/h4-10,26H,3H2,1-2H3,(H,20,21). The first-order valence-electron chi connectivity index (χ1n) is 8.12. The van der Waals surface area contributed by atoms with Crippen LogP contribution in [0.25, 0.3) is 11.0 Å². The van der Waals surface area contributed by atoms with Crippen molar-refractivity contribution in [1.82, 2.24) is 9.97 Å². The van der Waals surface area contributed by atoms with E-state index in [1.807, 2.05) is 50.2 Å². The van der Waals surface area contributed by atoms with Crippen molar-refractivity contribution >= 4 is 58.5 Å². The molecule has 1 N–H and O–H groups in total. The monoisotopic (exact) mass is 506 g/mol. The van der Waals surface area contributed by atoms with Gasteiger partial charge in [-0.1, -0.05) is 0 Å². The molecule has 0 saturated carbocycles. The molecule has 9 heteroatoms. The molecule has 1 fully saturated rings. The number of aromatic amines is 1. The number of halogens is 2. The van der Waals surface area contributed by atoms with E-state index in [1.165, 1.54) is 0 Å². The fourth-order valence-electron chi connectivity index (χ4n) is 2.81. The number of imidazole rings is 1. The fourth-order valence-corrected chi connectivity index (χ4v) is 5.90. The van der Waals surface area contributed by atoms with Crippen molar-refractivity contribution in [2.75, 3.05) is 6.61 Å². The number of nitrogens with zero attached hydrogens (tertiary/aromatic N) is 1. The van der Waals surface area contributed by atoms with Gasteiger partial charge < -0.3 is 0 Å². The van der Waals surface area contributed by atoms with Crippen LogP contribution in [0.5, 0.6) is 11.8 Å². The Hall–Kier alpha value is -0.960. The van der Waals surface area contributed by atoms with Gasteiger partial charge in [0.1, 0.15) is 0 Å². The van der Waals surface area contributed by atoms with Crippen LogP contribution in [-0.4, -0.2) is 22.9 Å². The molecule has 1 aliphatic heterocycles. The molecule has 2 aromatic carbocycles. The number of aromatic nitrogens is 2. The van der Waals surface area contributed by atoms with Crippen LogP contribution in [0.1, 0.15) is 13.8 Å². The van der Waals surface area contributed by atoms with E-state index in [0.717, 1.165) is 19.9 Å². The van der Waals surface area contributed by atoms with E-state index in [4.69, 9.17) is 29.9 Å².